The van der Waals surface area contributed by atoms with E-state index in [1.54, 1.807) is 11.3 Å². The van der Waals surface area contributed by atoms with Gasteiger partial charge in [-0.25, -0.2) is 4.98 Å². The molecule has 0 aliphatic rings. The van der Waals surface area contributed by atoms with Crippen LogP contribution in [0.3, 0.4) is 0 Å². The summed E-state index contributed by atoms with van der Waals surface area (Å²) in [6.45, 7) is 7.29. The lowest BCUT2D eigenvalue weighted by molar-refractivity contribution is -0.120. The molecule has 0 aromatic carbocycles. The van der Waals surface area contributed by atoms with Crippen molar-refractivity contribution in [2.75, 3.05) is 13.1 Å². The van der Waals surface area contributed by atoms with Crippen LogP contribution in [-0.2, 0) is 4.79 Å². The first-order valence-corrected chi connectivity index (χ1v) is 6.37. The summed E-state index contributed by atoms with van der Waals surface area (Å²) in [5.41, 5.74) is 0. The molecule has 16 heavy (non-hydrogen) atoms. The zero-order valence-corrected chi connectivity index (χ0v) is 10.9. The molecule has 1 aromatic heterocycles. The Hall–Kier alpha value is -0.940. The minimum atomic E-state index is -0.00498. The van der Waals surface area contributed by atoms with Crippen molar-refractivity contribution in [2.45, 2.75) is 33.2 Å². The third-order valence-corrected chi connectivity index (χ3v) is 3.19. The predicted molar refractivity (Wildman–Crippen MR) is 66.6 cm³/mol. The first kappa shape index (κ1) is 13.1. The highest BCUT2D eigenvalue weighted by atomic mass is 32.1. The predicted octanol–water partition coefficient (Wildman–Crippen LogP) is 1.63. The molecule has 0 fully saturated rings. The molecule has 1 heterocycles. The molecule has 0 aliphatic carbocycles. The number of aryl methyl sites for hydroxylation is 1. The second-order valence-corrected chi connectivity index (χ2v) is 5.04. The first-order valence-electron chi connectivity index (χ1n) is 5.56. The number of amides is 1. The Balaban J connectivity index is 2.33. The fourth-order valence-electron chi connectivity index (χ4n) is 1.31. The monoisotopic (exact) mass is 241 g/mol. The molecule has 5 heteroatoms. The van der Waals surface area contributed by atoms with Crippen LogP contribution in [0.4, 0.5) is 0 Å². The van der Waals surface area contributed by atoms with Gasteiger partial charge in [-0.1, -0.05) is 6.92 Å². The van der Waals surface area contributed by atoms with E-state index in [4.69, 9.17) is 0 Å². The minimum Gasteiger partial charge on any atom is -0.346 e. The average molecular weight is 241 g/mol. The maximum absolute atomic E-state index is 11.5. The van der Waals surface area contributed by atoms with Crippen LogP contribution in [0, 0.1) is 6.92 Å². The second-order valence-electron chi connectivity index (χ2n) is 3.78. The van der Waals surface area contributed by atoms with E-state index in [0.29, 0.717) is 6.54 Å². The van der Waals surface area contributed by atoms with Crippen molar-refractivity contribution in [2.24, 2.45) is 0 Å². The number of hydrogen-bond acceptors (Lipinski definition) is 4. The van der Waals surface area contributed by atoms with Gasteiger partial charge in [-0.05, 0) is 26.8 Å². The van der Waals surface area contributed by atoms with Crippen molar-refractivity contribution in [3.63, 3.8) is 0 Å². The zero-order valence-electron chi connectivity index (χ0n) is 10.0. The quantitative estimate of drug-likeness (QED) is 0.744. The Labute approximate surface area is 100 Å². The molecule has 1 amide bonds. The highest BCUT2D eigenvalue weighted by molar-refractivity contribution is 7.11. The van der Waals surface area contributed by atoms with Gasteiger partial charge in [-0.2, -0.15) is 0 Å². The minimum absolute atomic E-state index is 0.00498. The van der Waals surface area contributed by atoms with Crippen molar-refractivity contribution in [1.29, 1.82) is 0 Å². The normalized spacial score (nSPS) is 12.4. The molecule has 1 unspecified atom stereocenters. The van der Waals surface area contributed by atoms with Crippen LogP contribution in [0.5, 0.6) is 0 Å². The number of nitrogens with one attached hydrogen (secondary N) is 2. The van der Waals surface area contributed by atoms with E-state index in [9.17, 15) is 4.79 Å². The fraction of sp³-hybridized carbons (Fsp3) is 0.636. The molecule has 0 saturated carbocycles. The summed E-state index contributed by atoms with van der Waals surface area (Å²) in [5.74, 6) is 0.0220. The summed E-state index contributed by atoms with van der Waals surface area (Å²) in [6.07, 6.45) is 2.87. The van der Waals surface area contributed by atoms with Crippen LogP contribution in [-0.4, -0.2) is 24.0 Å². The highest BCUT2D eigenvalue weighted by Crippen LogP contribution is 2.18. The van der Waals surface area contributed by atoms with Gasteiger partial charge < -0.3 is 10.6 Å². The van der Waals surface area contributed by atoms with Crippen molar-refractivity contribution in [3.05, 3.63) is 16.1 Å². The Morgan fingerprint density at radius 2 is 2.38 bits per heavy atom. The van der Waals surface area contributed by atoms with Crippen molar-refractivity contribution >= 4 is 17.2 Å². The molecule has 2 N–H and O–H groups in total. The van der Waals surface area contributed by atoms with E-state index < -0.39 is 0 Å². The van der Waals surface area contributed by atoms with Crippen LogP contribution < -0.4 is 10.6 Å². The maximum Gasteiger partial charge on any atom is 0.234 e. The fourth-order valence-corrected chi connectivity index (χ4v) is 2.08. The molecular formula is C11H19N3OS. The summed E-state index contributed by atoms with van der Waals surface area (Å²) in [5, 5.41) is 6.94. The number of carbonyl (C=O) groups is 1. The average Bonchev–Trinajstić information content (AvgIpc) is 2.65. The van der Waals surface area contributed by atoms with Crippen LogP contribution in [0.15, 0.2) is 6.20 Å². The smallest absolute Gasteiger partial charge is 0.234 e. The van der Waals surface area contributed by atoms with Crippen molar-refractivity contribution < 1.29 is 4.79 Å². The molecule has 4 nitrogen and oxygen atoms in total. The number of aromatic nitrogens is 1. The Bertz CT molecular complexity index is 338. The Kier molecular flexibility index (Phi) is 5.42. The van der Waals surface area contributed by atoms with Gasteiger partial charge in [-0.15, -0.1) is 11.3 Å². The number of hydrogen-bond donors (Lipinski definition) is 2. The van der Waals surface area contributed by atoms with Crippen LogP contribution in [0.2, 0.25) is 0 Å². The molecule has 1 aromatic rings. The van der Waals surface area contributed by atoms with Gasteiger partial charge in [0.05, 0.1) is 12.6 Å². The summed E-state index contributed by atoms with van der Waals surface area (Å²) in [7, 11) is 0. The van der Waals surface area contributed by atoms with E-state index >= 15 is 0 Å². The highest BCUT2D eigenvalue weighted by Gasteiger charge is 2.11. The molecule has 0 aliphatic heterocycles. The van der Waals surface area contributed by atoms with Crippen molar-refractivity contribution in [3.8, 4) is 0 Å². The number of thiazole rings is 1. The molecule has 0 spiro atoms. The van der Waals surface area contributed by atoms with E-state index in [0.717, 1.165) is 18.0 Å². The lowest BCUT2D eigenvalue weighted by atomic mass is 10.3. The summed E-state index contributed by atoms with van der Waals surface area (Å²) < 4.78 is 0. The van der Waals surface area contributed by atoms with Crippen molar-refractivity contribution in [1.82, 2.24) is 15.6 Å². The van der Waals surface area contributed by atoms with E-state index in [1.165, 1.54) is 4.88 Å². The Morgan fingerprint density at radius 1 is 1.62 bits per heavy atom. The van der Waals surface area contributed by atoms with Gasteiger partial charge in [0.2, 0.25) is 5.91 Å². The van der Waals surface area contributed by atoms with E-state index in [-0.39, 0.29) is 11.9 Å². The van der Waals surface area contributed by atoms with Gasteiger partial charge in [0.25, 0.3) is 0 Å². The third-order valence-electron chi connectivity index (χ3n) is 2.10. The third kappa shape index (κ3) is 4.28. The number of rotatable bonds is 6. The largest absolute Gasteiger partial charge is 0.346 e. The molecular weight excluding hydrogens is 222 g/mol. The lowest BCUT2D eigenvalue weighted by Crippen LogP contribution is -2.35. The zero-order chi connectivity index (χ0) is 12.0. The van der Waals surface area contributed by atoms with E-state index in [2.05, 4.69) is 22.5 Å². The molecule has 90 valence electrons. The molecule has 0 bridgehead atoms. The summed E-state index contributed by atoms with van der Waals surface area (Å²) >= 11 is 1.62. The van der Waals surface area contributed by atoms with Gasteiger partial charge >= 0.3 is 0 Å². The van der Waals surface area contributed by atoms with Crippen LogP contribution in [0.25, 0.3) is 0 Å². The molecule has 1 rings (SSSR count). The first-order chi connectivity index (χ1) is 7.63. The van der Waals surface area contributed by atoms with E-state index in [1.807, 2.05) is 20.0 Å². The number of nitrogens with zero attached hydrogens (tertiary/aromatic N) is 1. The maximum atomic E-state index is 11.5. The van der Waals surface area contributed by atoms with Crippen LogP contribution >= 0.6 is 11.3 Å². The second kappa shape index (κ2) is 6.60. The molecule has 0 saturated heterocycles. The Morgan fingerprint density at radius 3 is 2.94 bits per heavy atom. The topological polar surface area (TPSA) is 54.0 Å². The standard InChI is InChI=1S/C11H19N3OS/c1-4-5-12-7-10(15)14-9(3)11-13-6-8(2)16-11/h6,9,12H,4-5,7H2,1-3H3,(H,14,15). The van der Waals surface area contributed by atoms with Gasteiger partial charge in [0.1, 0.15) is 5.01 Å². The summed E-state index contributed by atoms with van der Waals surface area (Å²) in [6, 6.07) is -0.00498. The van der Waals surface area contributed by atoms with Gasteiger partial charge in [-0.3, -0.25) is 4.79 Å². The molecule has 0 radical (unpaired) electrons. The molecule has 1 atom stereocenters. The van der Waals surface area contributed by atoms with Gasteiger partial charge in [0, 0.05) is 11.1 Å². The SMILES string of the molecule is CCCNCC(=O)NC(C)c1ncc(C)s1. The summed E-state index contributed by atoms with van der Waals surface area (Å²) in [4.78, 5) is 16.9. The van der Waals surface area contributed by atoms with Crippen LogP contribution in [0.1, 0.15) is 36.2 Å². The lowest BCUT2D eigenvalue weighted by Gasteiger charge is -2.11. The number of carbonyl (C=O) groups excluding carboxylic acids is 1. The van der Waals surface area contributed by atoms with Gasteiger partial charge in [0.15, 0.2) is 0 Å².